The van der Waals surface area contributed by atoms with Crippen LogP contribution in [0.4, 0.5) is 10.5 Å². The molecule has 0 radical (unpaired) electrons. The van der Waals surface area contributed by atoms with Crippen LogP contribution in [0, 0.1) is 5.92 Å². The van der Waals surface area contributed by atoms with E-state index in [2.05, 4.69) is 28.1 Å². The summed E-state index contributed by atoms with van der Waals surface area (Å²) in [6.07, 6.45) is 2.07. The predicted octanol–water partition coefficient (Wildman–Crippen LogP) is 3.12. The van der Waals surface area contributed by atoms with Crippen molar-refractivity contribution in [3.8, 4) is 0 Å². The average molecular weight is 319 g/mol. The second kappa shape index (κ2) is 8.20. The van der Waals surface area contributed by atoms with Gasteiger partial charge in [0.15, 0.2) is 0 Å². The van der Waals surface area contributed by atoms with Crippen molar-refractivity contribution in [3.63, 3.8) is 0 Å². The van der Waals surface area contributed by atoms with Gasteiger partial charge in [-0.3, -0.25) is 0 Å². The molecule has 0 aliphatic carbocycles. The molecular weight excluding hydrogens is 290 g/mol. The van der Waals surface area contributed by atoms with Crippen LogP contribution < -0.4 is 16.0 Å². The quantitative estimate of drug-likeness (QED) is 0.780. The Hall–Kier alpha value is -1.75. The molecule has 0 unspecified atom stereocenters. The van der Waals surface area contributed by atoms with Crippen LogP contribution in [0.25, 0.3) is 0 Å². The van der Waals surface area contributed by atoms with Crippen LogP contribution in [0.15, 0.2) is 24.3 Å². The zero-order valence-electron chi connectivity index (χ0n) is 14.4. The third-order valence-corrected chi connectivity index (χ3v) is 3.82. The van der Waals surface area contributed by atoms with E-state index in [0.717, 1.165) is 36.8 Å². The van der Waals surface area contributed by atoms with E-state index in [1.54, 1.807) is 0 Å². The second-order valence-electron chi connectivity index (χ2n) is 7.13. The van der Waals surface area contributed by atoms with E-state index < -0.39 is 5.60 Å². The van der Waals surface area contributed by atoms with Crippen molar-refractivity contribution >= 4 is 11.8 Å². The lowest BCUT2D eigenvalue weighted by Gasteiger charge is -2.23. The van der Waals surface area contributed by atoms with Gasteiger partial charge in [0.2, 0.25) is 0 Å². The number of hydrogen-bond donors (Lipinski definition) is 3. The zero-order valence-corrected chi connectivity index (χ0v) is 14.4. The van der Waals surface area contributed by atoms with Crippen LogP contribution in [0.5, 0.6) is 0 Å². The molecule has 5 nitrogen and oxygen atoms in total. The van der Waals surface area contributed by atoms with Gasteiger partial charge in [-0.05, 0) is 70.3 Å². The van der Waals surface area contributed by atoms with Crippen molar-refractivity contribution in [2.75, 3.05) is 25.0 Å². The van der Waals surface area contributed by atoms with Crippen LogP contribution in [-0.2, 0) is 11.3 Å². The number of ether oxygens (including phenoxy) is 1. The van der Waals surface area contributed by atoms with Crippen LogP contribution in [0.3, 0.4) is 0 Å². The second-order valence-corrected chi connectivity index (χ2v) is 7.13. The lowest BCUT2D eigenvalue weighted by molar-refractivity contribution is 0.0523. The molecule has 0 atom stereocenters. The average Bonchev–Trinajstić information content (AvgIpc) is 2.51. The molecular formula is C18H29N3O2. The fourth-order valence-electron chi connectivity index (χ4n) is 2.63. The number of benzene rings is 1. The number of carbonyl (C=O) groups is 1. The Morgan fingerprint density at radius 1 is 1.30 bits per heavy atom. The molecule has 0 saturated carbocycles. The van der Waals surface area contributed by atoms with E-state index in [-0.39, 0.29) is 6.09 Å². The highest BCUT2D eigenvalue weighted by atomic mass is 16.6. The Morgan fingerprint density at radius 2 is 2.04 bits per heavy atom. The van der Waals surface area contributed by atoms with Gasteiger partial charge >= 0.3 is 6.09 Å². The molecule has 1 aliphatic rings. The maximum atomic E-state index is 11.7. The Morgan fingerprint density at radius 3 is 2.74 bits per heavy atom. The number of anilines is 1. The largest absolute Gasteiger partial charge is 0.444 e. The van der Waals surface area contributed by atoms with E-state index >= 15 is 0 Å². The van der Waals surface area contributed by atoms with Crippen molar-refractivity contribution in [2.45, 2.75) is 45.8 Å². The molecule has 1 heterocycles. The number of rotatable bonds is 5. The highest BCUT2D eigenvalue weighted by Crippen LogP contribution is 2.15. The number of piperidine rings is 1. The van der Waals surface area contributed by atoms with Gasteiger partial charge in [0.25, 0.3) is 0 Å². The van der Waals surface area contributed by atoms with Crippen molar-refractivity contribution in [1.29, 1.82) is 0 Å². The summed E-state index contributed by atoms with van der Waals surface area (Å²) >= 11 is 0. The van der Waals surface area contributed by atoms with Crippen molar-refractivity contribution in [3.05, 3.63) is 29.8 Å². The summed E-state index contributed by atoms with van der Waals surface area (Å²) in [6, 6.07) is 8.17. The number of amides is 1. The normalized spacial score (nSPS) is 16.0. The smallest absolute Gasteiger partial charge is 0.407 e. The van der Waals surface area contributed by atoms with Crippen molar-refractivity contribution in [2.24, 2.45) is 5.92 Å². The zero-order chi connectivity index (χ0) is 16.7. The molecule has 3 N–H and O–H groups in total. The van der Waals surface area contributed by atoms with Gasteiger partial charge in [-0.15, -0.1) is 0 Å². The Kier molecular flexibility index (Phi) is 6.28. The minimum Gasteiger partial charge on any atom is -0.444 e. The first-order valence-electron chi connectivity index (χ1n) is 8.43. The lowest BCUT2D eigenvalue weighted by atomic mass is 9.98. The van der Waals surface area contributed by atoms with Crippen LogP contribution in [-0.4, -0.2) is 31.3 Å². The third-order valence-electron chi connectivity index (χ3n) is 3.82. The summed E-state index contributed by atoms with van der Waals surface area (Å²) in [5.74, 6) is 0.736. The molecule has 5 heteroatoms. The first kappa shape index (κ1) is 17.6. The van der Waals surface area contributed by atoms with Gasteiger partial charge in [0.05, 0.1) is 0 Å². The summed E-state index contributed by atoms with van der Waals surface area (Å²) in [5.41, 5.74) is 1.70. The Balaban J connectivity index is 1.78. The van der Waals surface area contributed by atoms with Gasteiger partial charge in [-0.25, -0.2) is 4.79 Å². The SMILES string of the molecule is CC(C)(C)OC(=O)NCc1cccc(NCC2CCNCC2)c1. The van der Waals surface area contributed by atoms with E-state index in [9.17, 15) is 4.79 Å². The molecule has 2 rings (SSSR count). The molecule has 0 aromatic heterocycles. The lowest BCUT2D eigenvalue weighted by Crippen LogP contribution is -2.32. The summed E-state index contributed by atoms with van der Waals surface area (Å²) in [5, 5.41) is 9.69. The standard InChI is InChI=1S/C18H29N3O2/c1-18(2,3)23-17(22)21-13-15-5-4-6-16(11-15)20-12-14-7-9-19-10-8-14/h4-6,11,14,19-20H,7-10,12-13H2,1-3H3,(H,21,22). The number of carbonyl (C=O) groups excluding carboxylic acids is 1. The predicted molar refractivity (Wildman–Crippen MR) is 93.6 cm³/mol. The first-order valence-corrected chi connectivity index (χ1v) is 8.43. The first-order chi connectivity index (χ1) is 10.9. The topological polar surface area (TPSA) is 62.4 Å². The van der Waals surface area contributed by atoms with Crippen LogP contribution in [0.2, 0.25) is 0 Å². The highest BCUT2D eigenvalue weighted by Gasteiger charge is 2.16. The Labute approximate surface area is 139 Å². The molecule has 23 heavy (non-hydrogen) atoms. The summed E-state index contributed by atoms with van der Waals surface area (Å²) in [7, 11) is 0. The van der Waals surface area contributed by atoms with Gasteiger partial charge in [-0.2, -0.15) is 0 Å². The fraction of sp³-hybridized carbons (Fsp3) is 0.611. The van der Waals surface area contributed by atoms with E-state index in [1.165, 1.54) is 12.8 Å². The van der Waals surface area contributed by atoms with Crippen molar-refractivity contribution in [1.82, 2.24) is 10.6 Å². The monoisotopic (exact) mass is 319 g/mol. The minimum absolute atomic E-state index is 0.384. The molecule has 0 spiro atoms. The van der Waals surface area contributed by atoms with Gasteiger partial charge < -0.3 is 20.7 Å². The van der Waals surface area contributed by atoms with Gasteiger partial charge in [0, 0.05) is 18.8 Å². The summed E-state index contributed by atoms with van der Waals surface area (Å²) < 4.78 is 5.24. The molecule has 128 valence electrons. The third kappa shape index (κ3) is 6.91. The minimum atomic E-state index is -0.470. The number of alkyl carbamates (subject to hydrolysis) is 1. The molecule has 0 bridgehead atoms. The highest BCUT2D eigenvalue weighted by molar-refractivity contribution is 5.67. The van der Waals surface area contributed by atoms with E-state index in [1.807, 2.05) is 32.9 Å². The molecule has 1 aliphatic heterocycles. The molecule has 1 aromatic rings. The molecule has 1 fully saturated rings. The van der Waals surface area contributed by atoms with Gasteiger partial charge in [-0.1, -0.05) is 12.1 Å². The summed E-state index contributed by atoms with van der Waals surface area (Å²) in [6.45, 7) is 9.29. The van der Waals surface area contributed by atoms with Crippen LogP contribution in [0.1, 0.15) is 39.2 Å². The van der Waals surface area contributed by atoms with E-state index in [0.29, 0.717) is 6.54 Å². The maximum absolute atomic E-state index is 11.7. The van der Waals surface area contributed by atoms with Crippen molar-refractivity contribution < 1.29 is 9.53 Å². The molecule has 1 saturated heterocycles. The van der Waals surface area contributed by atoms with Gasteiger partial charge in [0.1, 0.15) is 5.60 Å². The van der Waals surface area contributed by atoms with E-state index in [4.69, 9.17) is 4.74 Å². The fourth-order valence-corrected chi connectivity index (χ4v) is 2.63. The molecule has 1 amide bonds. The Bertz CT molecular complexity index is 505. The van der Waals surface area contributed by atoms with Crippen LogP contribution >= 0.6 is 0 Å². The maximum Gasteiger partial charge on any atom is 0.407 e. The molecule has 1 aromatic carbocycles. The number of hydrogen-bond acceptors (Lipinski definition) is 4. The summed E-state index contributed by atoms with van der Waals surface area (Å²) in [4.78, 5) is 11.7. The number of nitrogens with one attached hydrogen (secondary N) is 3.